The zero-order valence-corrected chi connectivity index (χ0v) is 21.4. The van der Waals surface area contributed by atoms with Crippen LogP contribution in [-0.2, 0) is 0 Å². The minimum Gasteiger partial charge on any atom is -0.493 e. The Hall–Kier alpha value is -3.35. The minimum absolute atomic E-state index is 0.175. The van der Waals surface area contributed by atoms with Crippen LogP contribution in [0.3, 0.4) is 0 Å². The van der Waals surface area contributed by atoms with E-state index >= 15 is 0 Å². The van der Waals surface area contributed by atoms with E-state index in [1.807, 2.05) is 59.6 Å². The standard InChI is InChI=1S/C27H26Cl2N2O4/c1-32-24-9-5-7-17(26(24)34-3)11-13-19-16-23(20-8-6-10-25(33-2)27(20)35-4)31(30-19)22-14-12-18(28)15-21(22)29/h5-15,23H,16H2,1-4H3/b13-11+. The van der Waals surface area contributed by atoms with Gasteiger partial charge in [0.2, 0.25) is 0 Å². The van der Waals surface area contributed by atoms with Crippen LogP contribution >= 0.6 is 23.2 Å². The van der Waals surface area contributed by atoms with E-state index in [2.05, 4.69) is 0 Å². The molecule has 0 fully saturated rings. The van der Waals surface area contributed by atoms with Gasteiger partial charge < -0.3 is 18.9 Å². The van der Waals surface area contributed by atoms with Gasteiger partial charge in [-0.15, -0.1) is 0 Å². The number of methoxy groups -OCH3 is 4. The molecule has 0 bridgehead atoms. The largest absolute Gasteiger partial charge is 0.493 e. The zero-order chi connectivity index (χ0) is 24.9. The van der Waals surface area contributed by atoms with Gasteiger partial charge in [-0.05, 0) is 42.5 Å². The fourth-order valence-electron chi connectivity index (χ4n) is 4.17. The lowest BCUT2D eigenvalue weighted by molar-refractivity contribution is 0.349. The molecule has 182 valence electrons. The molecule has 4 rings (SSSR count). The van der Waals surface area contributed by atoms with Gasteiger partial charge in [-0.1, -0.05) is 47.5 Å². The molecule has 35 heavy (non-hydrogen) atoms. The number of halogens is 2. The first-order valence-electron chi connectivity index (χ1n) is 10.9. The van der Waals surface area contributed by atoms with Crippen molar-refractivity contribution in [1.82, 2.24) is 0 Å². The van der Waals surface area contributed by atoms with Gasteiger partial charge in [0.15, 0.2) is 23.0 Å². The quantitative estimate of drug-likeness (QED) is 0.323. The van der Waals surface area contributed by atoms with Crippen LogP contribution in [0.5, 0.6) is 23.0 Å². The van der Waals surface area contributed by atoms with Gasteiger partial charge in [0.05, 0.1) is 50.9 Å². The van der Waals surface area contributed by atoms with Crippen LogP contribution in [-0.4, -0.2) is 34.2 Å². The lowest BCUT2D eigenvalue weighted by Crippen LogP contribution is -2.19. The molecule has 1 atom stereocenters. The fraction of sp³-hybridized carbons (Fsp3) is 0.222. The third kappa shape index (κ3) is 5.04. The molecule has 3 aromatic carbocycles. The molecular formula is C27H26Cl2N2O4. The number of rotatable bonds is 8. The summed E-state index contributed by atoms with van der Waals surface area (Å²) in [7, 11) is 6.49. The highest BCUT2D eigenvalue weighted by Crippen LogP contribution is 2.45. The van der Waals surface area contributed by atoms with Crippen molar-refractivity contribution in [2.24, 2.45) is 5.10 Å². The summed E-state index contributed by atoms with van der Waals surface area (Å²) in [6.45, 7) is 0. The first-order valence-corrected chi connectivity index (χ1v) is 11.7. The second-order valence-corrected chi connectivity index (χ2v) is 8.59. The maximum atomic E-state index is 6.59. The summed E-state index contributed by atoms with van der Waals surface area (Å²) in [5, 5.41) is 7.88. The van der Waals surface area contributed by atoms with Gasteiger partial charge in [-0.3, -0.25) is 5.01 Å². The highest BCUT2D eigenvalue weighted by Gasteiger charge is 2.32. The Morgan fingerprint density at radius 3 is 2.17 bits per heavy atom. The summed E-state index contributed by atoms with van der Waals surface area (Å²) in [5.41, 5.74) is 3.42. The summed E-state index contributed by atoms with van der Waals surface area (Å²) in [5.74, 6) is 2.63. The van der Waals surface area contributed by atoms with Gasteiger partial charge in [-0.2, -0.15) is 5.10 Å². The normalized spacial score (nSPS) is 15.3. The third-order valence-electron chi connectivity index (χ3n) is 5.77. The van der Waals surface area contributed by atoms with Crippen molar-refractivity contribution in [3.63, 3.8) is 0 Å². The van der Waals surface area contributed by atoms with Crippen molar-refractivity contribution in [2.75, 3.05) is 33.4 Å². The number of hydrogen-bond acceptors (Lipinski definition) is 6. The fourth-order valence-corrected chi connectivity index (χ4v) is 4.66. The number of para-hydroxylation sites is 2. The summed E-state index contributed by atoms with van der Waals surface area (Å²) in [4.78, 5) is 0. The second-order valence-electron chi connectivity index (χ2n) is 7.75. The molecule has 0 saturated heterocycles. The van der Waals surface area contributed by atoms with Gasteiger partial charge >= 0.3 is 0 Å². The Bertz CT molecular complexity index is 1280. The lowest BCUT2D eigenvalue weighted by atomic mass is 9.99. The molecule has 0 amide bonds. The van der Waals surface area contributed by atoms with Crippen molar-refractivity contribution >= 4 is 40.7 Å². The van der Waals surface area contributed by atoms with E-state index < -0.39 is 0 Å². The number of ether oxygens (including phenoxy) is 4. The van der Waals surface area contributed by atoms with Crippen LogP contribution in [0.2, 0.25) is 10.0 Å². The average Bonchev–Trinajstić information content (AvgIpc) is 3.30. The van der Waals surface area contributed by atoms with Gasteiger partial charge in [0, 0.05) is 22.6 Å². The number of hydrogen-bond donors (Lipinski definition) is 0. The molecule has 0 spiro atoms. The van der Waals surface area contributed by atoms with E-state index in [9.17, 15) is 0 Å². The monoisotopic (exact) mass is 512 g/mol. The van der Waals surface area contributed by atoms with Gasteiger partial charge in [-0.25, -0.2) is 0 Å². The highest BCUT2D eigenvalue weighted by atomic mass is 35.5. The van der Waals surface area contributed by atoms with Crippen molar-refractivity contribution in [3.05, 3.63) is 81.8 Å². The Kier molecular flexibility index (Phi) is 7.73. The molecule has 1 aliphatic heterocycles. The van der Waals surface area contributed by atoms with Crippen LogP contribution in [0, 0.1) is 0 Å². The van der Waals surface area contributed by atoms with E-state index in [1.165, 1.54) is 0 Å². The van der Waals surface area contributed by atoms with Crippen LogP contribution in [0.25, 0.3) is 6.08 Å². The number of nitrogens with zero attached hydrogens (tertiary/aromatic N) is 2. The van der Waals surface area contributed by atoms with E-state index in [4.69, 9.17) is 47.3 Å². The molecule has 0 radical (unpaired) electrons. The van der Waals surface area contributed by atoms with E-state index in [0.29, 0.717) is 39.5 Å². The van der Waals surface area contributed by atoms with Crippen molar-refractivity contribution in [1.29, 1.82) is 0 Å². The summed E-state index contributed by atoms with van der Waals surface area (Å²) < 4.78 is 22.2. The van der Waals surface area contributed by atoms with Crippen LogP contribution < -0.4 is 24.0 Å². The van der Waals surface area contributed by atoms with E-state index in [1.54, 1.807) is 40.6 Å². The maximum Gasteiger partial charge on any atom is 0.167 e. The summed E-state index contributed by atoms with van der Waals surface area (Å²) in [6.07, 6.45) is 4.55. The zero-order valence-electron chi connectivity index (χ0n) is 19.9. The molecular weight excluding hydrogens is 487 g/mol. The molecule has 0 aliphatic carbocycles. The molecule has 6 nitrogen and oxygen atoms in total. The number of allylic oxidation sites excluding steroid dienone is 1. The molecule has 3 aromatic rings. The highest BCUT2D eigenvalue weighted by molar-refractivity contribution is 6.36. The van der Waals surface area contributed by atoms with Crippen LogP contribution in [0.4, 0.5) is 5.69 Å². The molecule has 1 aliphatic rings. The maximum absolute atomic E-state index is 6.59. The van der Waals surface area contributed by atoms with Crippen molar-refractivity contribution < 1.29 is 18.9 Å². The smallest absolute Gasteiger partial charge is 0.167 e. The molecule has 0 aromatic heterocycles. The Labute approximate surface area is 215 Å². The molecule has 8 heteroatoms. The van der Waals surface area contributed by atoms with Crippen molar-refractivity contribution in [2.45, 2.75) is 12.5 Å². The third-order valence-corrected chi connectivity index (χ3v) is 6.31. The minimum atomic E-state index is -0.175. The molecule has 0 N–H and O–H groups in total. The molecule has 1 heterocycles. The van der Waals surface area contributed by atoms with Crippen LogP contribution in [0.15, 0.2) is 65.8 Å². The second kappa shape index (κ2) is 10.9. The van der Waals surface area contributed by atoms with Gasteiger partial charge in [0.1, 0.15) is 0 Å². The van der Waals surface area contributed by atoms with Crippen LogP contribution in [0.1, 0.15) is 23.6 Å². The predicted octanol–water partition coefficient (Wildman–Crippen LogP) is 7.05. The lowest BCUT2D eigenvalue weighted by Gasteiger charge is -2.26. The van der Waals surface area contributed by atoms with Gasteiger partial charge in [0.25, 0.3) is 0 Å². The van der Waals surface area contributed by atoms with E-state index in [0.717, 1.165) is 22.5 Å². The summed E-state index contributed by atoms with van der Waals surface area (Å²) in [6, 6.07) is 16.8. The molecule has 1 unspecified atom stereocenters. The summed E-state index contributed by atoms with van der Waals surface area (Å²) >= 11 is 12.7. The number of anilines is 1. The molecule has 0 saturated carbocycles. The predicted molar refractivity (Wildman–Crippen MR) is 142 cm³/mol. The van der Waals surface area contributed by atoms with Crippen molar-refractivity contribution in [3.8, 4) is 23.0 Å². The SMILES string of the molecule is COc1cccc(/C=C/C2=NN(c3ccc(Cl)cc3Cl)C(c3cccc(OC)c3OC)C2)c1OC. The van der Waals surface area contributed by atoms with E-state index in [-0.39, 0.29) is 6.04 Å². The topological polar surface area (TPSA) is 52.5 Å². The Morgan fingerprint density at radius 1 is 0.829 bits per heavy atom. The number of benzene rings is 3. The average molecular weight is 513 g/mol. The first kappa shape index (κ1) is 24.8. The Balaban J connectivity index is 1.77. The Morgan fingerprint density at radius 2 is 1.51 bits per heavy atom. The number of hydrazone groups is 1. The first-order chi connectivity index (χ1) is 17.0.